The number of nitrogens with one attached hydrogen (secondary N) is 3. The molecule has 1 saturated heterocycles. The Morgan fingerprint density at radius 2 is 1.71 bits per heavy atom. The highest BCUT2D eigenvalue weighted by Gasteiger charge is 2.24. The summed E-state index contributed by atoms with van der Waals surface area (Å²) in [6.45, 7) is 0.845. The molecule has 0 aliphatic carbocycles. The van der Waals surface area contributed by atoms with E-state index in [4.69, 9.17) is 9.47 Å². The maximum absolute atomic E-state index is 11.4. The molecule has 24 heavy (non-hydrogen) atoms. The van der Waals surface area contributed by atoms with Crippen molar-refractivity contribution in [2.75, 3.05) is 20.6 Å². The Bertz CT molecular complexity index is 551. The first kappa shape index (κ1) is 18.0. The molecule has 2 amide bonds. The van der Waals surface area contributed by atoms with Crippen molar-refractivity contribution in [1.29, 1.82) is 0 Å². The van der Waals surface area contributed by atoms with Crippen LogP contribution in [0, 0.1) is 0 Å². The molecule has 0 saturated carbocycles. The van der Waals surface area contributed by atoms with Crippen molar-refractivity contribution in [3.8, 4) is 11.5 Å². The summed E-state index contributed by atoms with van der Waals surface area (Å²) < 4.78 is 10.2. The number of benzene rings is 1. The molecule has 4 N–H and O–H groups in total. The monoisotopic (exact) mass is 337 g/mol. The highest BCUT2D eigenvalue weighted by molar-refractivity contribution is 5.72. The molecule has 2 rings (SSSR count). The molecule has 0 aromatic heterocycles. The van der Waals surface area contributed by atoms with Gasteiger partial charge in [-0.1, -0.05) is 6.42 Å². The second-order valence-electron chi connectivity index (χ2n) is 5.52. The van der Waals surface area contributed by atoms with Crippen molar-refractivity contribution in [3.05, 3.63) is 23.8 Å². The molecule has 1 aromatic carbocycles. The van der Waals surface area contributed by atoms with Crippen LogP contribution in [-0.4, -0.2) is 44.0 Å². The Labute approximate surface area is 140 Å². The lowest BCUT2D eigenvalue weighted by molar-refractivity contribution is 0.113. The number of aliphatic hydroxyl groups is 1. The molecule has 1 heterocycles. The van der Waals surface area contributed by atoms with Crippen LogP contribution in [0.2, 0.25) is 0 Å². The quantitative estimate of drug-likeness (QED) is 0.659. The van der Waals surface area contributed by atoms with Gasteiger partial charge in [-0.2, -0.15) is 0 Å². The van der Waals surface area contributed by atoms with Crippen LogP contribution >= 0.6 is 0 Å². The van der Waals surface area contributed by atoms with Crippen molar-refractivity contribution in [2.24, 2.45) is 0 Å². The molecular formula is C16H23N3O5. The molecule has 8 heteroatoms. The molecule has 1 aliphatic rings. The van der Waals surface area contributed by atoms with Gasteiger partial charge in [0.25, 0.3) is 0 Å². The largest absolute Gasteiger partial charge is 0.412 e. The molecule has 0 bridgehead atoms. The van der Waals surface area contributed by atoms with E-state index in [0.717, 1.165) is 25.8 Å². The SMILES string of the molecule is CNC(=O)Oc1cc(OC(=O)NC)cc(C(O)C2CCCCN2)c1. The van der Waals surface area contributed by atoms with E-state index >= 15 is 0 Å². The number of rotatable bonds is 4. The minimum Gasteiger partial charge on any atom is -0.410 e. The Kier molecular flexibility index (Phi) is 6.39. The average Bonchev–Trinajstić information content (AvgIpc) is 2.61. The zero-order valence-corrected chi connectivity index (χ0v) is 13.8. The molecule has 132 valence electrons. The van der Waals surface area contributed by atoms with Gasteiger partial charge in [0.1, 0.15) is 11.5 Å². The average molecular weight is 337 g/mol. The summed E-state index contributed by atoms with van der Waals surface area (Å²) in [4.78, 5) is 22.9. The van der Waals surface area contributed by atoms with E-state index in [1.807, 2.05) is 0 Å². The van der Waals surface area contributed by atoms with E-state index in [0.29, 0.717) is 5.56 Å². The van der Waals surface area contributed by atoms with E-state index < -0.39 is 18.3 Å². The number of piperidine rings is 1. The first-order valence-electron chi connectivity index (χ1n) is 7.89. The Morgan fingerprint density at radius 1 is 1.12 bits per heavy atom. The van der Waals surface area contributed by atoms with Gasteiger partial charge < -0.3 is 30.5 Å². The van der Waals surface area contributed by atoms with Crippen LogP contribution in [-0.2, 0) is 0 Å². The smallest absolute Gasteiger partial charge is 0.410 e. The second kappa shape index (κ2) is 8.51. The third kappa shape index (κ3) is 4.84. The van der Waals surface area contributed by atoms with E-state index in [1.54, 1.807) is 12.1 Å². The molecule has 1 fully saturated rings. The van der Waals surface area contributed by atoms with Gasteiger partial charge in [-0.25, -0.2) is 9.59 Å². The van der Waals surface area contributed by atoms with E-state index in [9.17, 15) is 14.7 Å². The predicted molar refractivity (Wildman–Crippen MR) is 87.2 cm³/mol. The van der Waals surface area contributed by atoms with Crippen molar-refractivity contribution < 1.29 is 24.2 Å². The Hall–Kier alpha value is -2.32. The molecule has 0 spiro atoms. The van der Waals surface area contributed by atoms with Crippen molar-refractivity contribution in [1.82, 2.24) is 16.0 Å². The van der Waals surface area contributed by atoms with Gasteiger partial charge in [0.05, 0.1) is 6.10 Å². The van der Waals surface area contributed by atoms with Crippen molar-refractivity contribution in [2.45, 2.75) is 31.4 Å². The maximum Gasteiger partial charge on any atom is 0.412 e. The number of aliphatic hydroxyl groups excluding tert-OH is 1. The number of carbonyl (C=O) groups excluding carboxylic acids is 2. The Balaban J connectivity index is 2.26. The first-order chi connectivity index (χ1) is 11.5. The fourth-order valence-electron chi connectivity index (χ4n) is 2.58. The summed E-state index contributed by atoms with van der Waals surface area (Å²) in [5.74, 6) is 0.362. The fourth-order valence-corrected chi connectivity index (χ4v) is 2.58. The maximum atomic E-state index is 11.4. The summed E-state index contributed by atoms with van der Waals surface area (Å²) in [6.07, 6.45) is 0.851. The molecule has 8 nitrogen and oxygen atoms in total. The zero-order valence-electron chi connectivity index (χ0n) is 13.8. The lowest BCUT2D eigenvalue weighted by Gasteiger charge is -2.28. The van der Waals surface area contributed by atoms with Crippen LogP contribution < -0.4 is 25.4 Å². The number of hydrogen-bond donors (Lipinski definition) is 4. The molecule has 0 radical (unpaired) electrons. The molecule has 1 aromatic rings. The van der Waals surface area contributed by atoms with Crippen molar-refractivity contribution in [3.63, 3.8) is 0 Å². The van der Waals surface area contributed by atoms with Crippen LogP contribution in [0.4, 0.5) is 9.59 Å². The van der Waals surface area contributed by atoms with Crippen LogP contribution in [0.3, 0.4) is 0 Å². The van der Waals surface area contributed by atoms with Crippen LogP contribution in [0.15, 0.2) is 18.2 Å². The Morgan fingerprint density at radius 3 is 2.17 bits per heavy atom. The standard InChI is InChI=1S/C16H23N3O5/c1-17-15(21)23-11-7-10(8-12(9-11)24-16(22)18-2)14(20)13-5-3-4-6-19-13/h7-9,13-14,19-20H,3-6H2,1-2H3,(H,17,21)(H,18,22). The summed E-state index contributed by atoms with van der Waals surface area (Å²) in [6, 6.07) is 4.44. The van der Waals surface area contributed by atoms with Crippen LogP contribution in [0.5, 0.6) is 11.5 Å². The second-order valence-corrected chi connectivity index (χ2v) is 5.52. The van der Waals surface area contributed by atoms with E-state index in [1.165, 1.54) is 20.2 Å². The number of hydrogen-bond acceptors (Lipinski definition) is 6. The topological polar surface area (TPSA) is 109 Å². The van der Waals surface area contributed by atoms with Crippen molar-refractivity contribution >= 4 is 12.2 Å². The number of ether oxygens (including phenoxy) is 2. The first-order valence-corrected chi connectivity index (χ1v) is 7.89. The van der Waals surface area contributed by atoms with E-state index in [2.05, 4.69) is 16.0 Å². The molecule has 2 unspecified atom stereocenters. The van der Waals surface area contributed by atoms with Gasteiger partial charge >= 0.3 is 12.2 Å². The van der Waals surface area contributed by atoms with Gasteiger partial charge in [-0.05, 0) is 37.1 Å². The summed E-state index contributed by atoms with van der Waals surface area (Å²) in [7, 11) is 2.88. The number of carbonyl (C=O) groups is 2. The van der Waals surface area contributed by atoms with Gasteiger partial charge in [0.2, 0.25) is 0 Å². The third-order valence-electron chi connectivity index (χ3n) is 3.80. The van der Waals surface area contributed by atoms with Gasteiger partial charge in [0, 0.05) is 26.2 Å². The minimum atomic E-state index is -0.800. The summed E-state index contributed by atoms with van der Waals surface area (Å²) >= 11 is 0. The van der Waals surface area contributed by atoms with Crippen LogP contribution in [0.1, 0.15) is 30.9 Å². The van der Waals surface area contributed by atoms with Crippen LogP contribution in [0.25, 0.3) is 0 Å². The normalized spacial score (nSPS) is 18.4. The summed E-state index contributed by atoms with van der Waals surface area (Å²) in [5.41, 5.74) is 0.509. The van der Waals surface area contributed by atoms with Gasteiger partial charge in [0.15, 0.2) is 0 Å². The minimum absolute atomic E-state index is 0.0955. The highest BCUT2D eigenvalue weighted by atomic mass is 16.6. The lowest BCUT2D eigenvalue weighted by Crippen LogP contribution is -2.38. The predicted octanol–water partition coefficient (Wildman–Crippen LogP) is 1.30. The van der Waals surface area contributed by atoms with Gasteiger partial charge in [-0.3, -0.25) is 0 Å². The molecule has 2 atom stereocenters. The highest BCUT2D eigenvalue weighted by Crippen LogP contribution is 2.30. The lowest BCUT2D eigenvalue weighted by atomic mass is 9.94. The van der Waals surface area contributed by atoms with E-state index in [-0.39, 0.29) is 17.5 Å². The molecule has 1 aliphatic heterocycles. The third-order valence-corrected chi connectivity index (χ3v) is 3.80. The molecular weight excluding hydrogens is 314 g/mol. The number of amides is 2. The summed E-state index contributed by atoms with van der Waals surface area (Å²) in [5, 5.41) is 18.6. The van der Waals surface area contributed by atoms with Gasteiger partial charge in [-0.15, -0.1) is 0 Å². The zero-order chi connectivity index (χ0) is 17.5. The fraction of sp³-hybridized carbons (Fsp3) is 0.500.